The Labute approximate surface area is 192 Å². The van der Waals surface area contributed by atoms with E-state index >= 15 is 0 Å². The molecule has 0 saturated carbocycles. The molecule has 8 heteroatoms. The summed E-state index contributed by atoms with van der Waals surface area (Å²) in [4.78, 5) is 31.2. The largest absolute Gasteiger partial charge is 0.385 e. The van der Waals surface area contributed by atoms with Gasteiger partial charge in [0, 0.05) is 44.4 Å². The first kappa shape index (κ1) is 22.1. The van der Waals surface area contributed by atoms with Crippen LogP contribution in [0.15, 0.2) is 23.1 Å². The fourth-order valence-corrected chi connectivity index (χ4v) is 5.33. The first-order valence-corrected chi connectivity index (χ1v) is 12.0. The number of ether oxygens (including phenoxy) is 2. The number of aromatic nitrogens is 3. The van der Waals surface area contributed by atoms with Crippen molar-refractivity contribution in [2.75, 3.05) is 40.0 Å². The van der Waals surface area contributed by atoms with Gasteiger partial charge in [-0.05, 0) is 62.6 Å². The molecule has 0 unspecified atom stereocenters. The maximum atomic E-state index is 13.5. The van der Waals surface area contributed by atoms with Crippen LogP contribution in [-0.4, -0.2) is 65.6 Å². The molecule has 1 amide bonds. The Balaban J connectivity index is 1.46. The van der Waals surface area contributed by atoms with Gasteiger partial charge in [0.15, 0.2) is 0 Å². The van der Waals surface area contributed by atoms with Gasteiger partial charge in [-0.2, -0.15) is 5.10 Å². The number of carbonyl (C=O) groups excluding carboxylic acids is 1. The average Bonchev–Trinajstić information content (AvgIpc) is 3.49. The van der Waals surface area contributed by atoms with Crippen molar-refractivity contribution in [3.63, 3.8) is 0 Å². The summed E-state index contributed by atoms with van der Waals surface area (Å²) >= 11 is 0. The lowest BCUT2D eigenvalue weighted by Crippen LogP contribution is -2.38. The summed E-state index contributed by atoms with van der Waals surface area (Å²) in [6.07, 6.45) is 6.80. The fourth-order valence-electron chi connectivity index (χ4n) is 5.33. The molecule has 5 rings (SSSR count). The van der Waals surface area contributed by atoms with Crippen molar-refractivity contribution in [3.05, 3.63) is 39.8 Å². The smallest absolute Gasteiger partial charge is 0.259 e. The first-order chi connectivity index (χ1) is 16.1. The zero-order valence-electron chi connectivity index (χ0n) is 19.4. The molecule has 176 valence electrons. The minimum absolute atomic E-state index is 0.0688. The predicted molar refractivity (Wildman–Crippen MR) is 127 cm³/mol. The highest BCUT2D eigenvalue weighted by molar-refractivity contribution is 6.07. The van der Waals surface area contributed by atoms with Gasteiger partial charge in [0.1, 0.15) is 0 Å². The molecule has 4 heterocycles. The monoisotopic (exact) mass is 452 g/mol. The molecule has 2 fully saturated rings. The molecule has 2 aliphatic heterocycles. The van der Waals surface area contributed by atoms with E-state index in [0.717, 1.165) is 73.8 Å². The van der Waals surface area contributed by atoms with Crippen LogP contribution in [0.2, 0.25) is 0 Å². The Morgan fingerprint density at radius 2 is 2.06 bits per heavy atom. The number of amides is 1. The molecule has 2 aliphatic rings. The summed E-state index contributed by atoms with van der Waals surface area (Å²) in [6, 6.07) is 3.97. The lowest BCUT2D eigenvalue weighted by molar-refractivity contribution is 0.0680. The second kappa shape index (κ2) is 9.27. The molecule has 2 aromatic heterocycles. The topological polar surface area (TPSA) is 89.5 Å². The average molecular weight is 453 g/mol. The molecule has 3 aromatic rings. The Bertz CT molecular complexity index is 1220. The molecule has 1 N–H and O–H groups in total. The zero-order chi connectivity index (χ0) is 22.9. The van der Waals surface area contributed by atoms with Crippen molar-refractivity contribution >= 4 is 27.7 Å². The van der Waals surface area contributed by atoms with E-state index in [1.54, 1.807) is 13.3 Å². The number of hydrogen-bond donors (Lipinski definition) is 1. The molecule has 33 heavy (non-hydrogen) atoms. The third-order valence-corrected chi connectivity index (χ3v) is 7.25. The number of benzene rings is 1. The molecule has 2 saturated heterocycles. The van der Waals surface area contributed by atoms with Crippen molar-refractivity contribution in [3.8, 4) is 0 Å². The maximum absolute atomic E-state index is 13.5. The Morgan fingerprint density at radius 3 is 2.79 bits per heavy atom. The summed E-state index contributed by atoms with van der Waals surface area (Å²) in [5, 5.41) is 5.93. The molecular weight excluding hydrogens is 420 g/mol. The second-order valence-corrected chi connectivity index (χ2v) is 9.41. The molecule has 0 aliphatic carbocycles. The summed E-state index contributed by atoms with van der Waals surface area (Å²) < 4.78 is 12.6. The Kier molecular flexibility index (Phi) is 6.21. The third kappa shape index (κ3) is 4.17. The lowest BCUT2D eigenvalue weighted by atomic mass is 9.91. The zero-order valence-corrected chi connectivity index (χ0v) is 19.4. The number of piperidine rings is 1. The number of aryl methyl sites for hydroxylation is 1. The van der Waals surface area contributed by atoms with Crippen LogP contribution in [0.3, 0.4) is 0 Å². The van der Waals surface area contributed by atoms with Gasteiger partial charge in [-0.15, -0.1) is 0 Å². The standard InChI is InChI=1S/C25H32N4O4/c1-16-12-22-20(23-21(24(30)27-22)14-26-29(23)18-7-11-33-15-18)13-19(16)25(31)28-8-5-17(6-9-28)4-3-10-32-2/h12-14,17-18H,3-11,15H2,1-2H3,(H,27,30)/t18-/m0/s1. The number of methoxy groups -OCH3 is 1. The molecule has 1 atom stereocenters. The first-order valence-electron chi connectivity index (χ1n) is 12.0. The van der Waals surface area contributed by atoms with Crippen molar-refractivity contribution in [1.82, 2.24) is 19.7 Å². The number of fused-ring (bicyclic) bond motifs is 3. The highest BCUT2D eigenvalue weighted by atomic mass is 16.5. The number of hydrogen-bond acceptors (Lipinski definition) is 5. The van der Waals surface area contributed by atoms with Crippen LogP contribution in [0.1, 0.15) is 54.1 Å². The predicted octanol–water partition coefficient (Wildman–Crippen LogP) is 3.43. The van der Waals surface area contributed by atoms with Crippen LogP contribution in [0.5, 0.6) is 0 Å². The van der Waals surface area contributed by atoms with Gasteiger partial charge in [-0.3, -0.25) is 14.3 Å². The Hall–Kier alpha value is -2.71. The molecule has 0 bridgehead atoms. The van der Waals surface area contributed by atoms with Gasteiger partial charge in [0.05, 0.1) is 35.3 Å². The van der Waals surface area contributed by atoms with Crippen molar-refractivity contribution in [2.45, 2.75) is 45.1 Å². The van der Waals surface area contributed by atoms with Crippen molar-refractivity contribution < 1.29 is 14.3 Å². The van der Waals surface area contributed by atoms with Crippen LogP contribution in [0.4, 0.5) is 0 Å². The quantitative estimate of drug-likeness (QED) is 0.579. The van der Waals surface area contributed by atoms with E-state index in [0.29, 0.717) is 30.1 Å². The summed E-state index contributed by atoms with van der Waals surface area (Å²) in [5.41, 5.74) is 2.94. The number of carbonyl (C=O) groups is 1. The minimum atomic E-state index is -0.156. The number of likely N-dealkylation sites (tertiary alicyclic amines) is 1. The number of rotatable bonds is 6. The minimum Gasteiger partial charge on any atom is -0.385 e. The fraction of sp³-hybridized carbons (Fsp3) is 0.560. The van der Waals surface area contributed by atoms with Crippen LogP contribution in [-0.2, 0) is 9.47 Å². The van der Waals surface area contributed by atoms with E-state index in [1.807, 2.05) is 28.6 Å². The molecule has 0 spiro atoms. The summed E-state index contributed by atoms with van der Waals surface area (Å²) in [5.74, 6) is 0.730. The number of H-pyrrole nitrogens is 1. The van der Waals surface area contributed by atoms with E-state index in [4.69, 9.17) is 9.47 Å². The van der Waals surface area contributed by atoms with Crippen LogP contribution < -0.4 is 5.56 Å². The lowest BCUT2D eigenvalue weighted by Gasteiger charge is -2.32. The van der Waals surface area contributed by atoms with Gasteiger partial charge in [0.2, 0.25) is 0 Å². The van der Waals surface area contributed by atoms with E-state index in [2.05, 4.69) is 10.1 Å². The van der Waals surface area contributed by atoms with Gasteiger partial charge < -0.3 is 19.4 Å². The van der Waals surface area contributed by atoms with Crippen LogP contribution in [0, 0.1) is 12.8 Å². The van der Waals surface area contributed by atoms with Gasteiger partial charge in [-0.1, -0.05) is 0 Å². The van der Waals surface area contributed by atoms with Gasteiger partial charge >= 0.3 is 0 Å². The van der Waals surface area contributed by atoms with Crippen molar-refractivity contribution in [2.24, 2.45) is 5.92 Å². The molecular formula is C25H32N4O4. The summed E-state index contributed by atoms with van der Waals surface area (Å²) in [6.45, 7) is 5.59. The SMILES string of the molecule is COCCCC1CCN(C(=O)c2cc3c(cc2C)[nH]c(=O)c2cnn([C@H]4CCOC4)c23)CC1. The van der Waals surface area contributed by atoms with Crippen LogP contribution in [0.25, 0.3) is 21.8 Å². The van der Waals surface area contributed by atoms with Crippen molar-refractivity contribution in [1.29, 1.82) is 0 Å². The number of nitrogens with one attached hydrogen (secondary N) is 1. The van der Waals surface area contributed by atoms with E-state index in [9.17, 15) is 9.59 Å². The molecule has 1 aromatic carbocycles. The van der Waals surface area contributed by atoms with E-state index in [1.165, 1.54) is 0 Å². The highest BCUT2D eigenvalue weighted by Gasteiger charge is 2.26. The normalized spacial score (nSPS) is 19.7. The van der Waals surface area contributed by atoms with E-state index < -0.39 is 0 Å². The van der Waals surface area contributed by atoms with Gasteiger partial charge in [-0.25, -0.2) is 0 Å². The maximum Gasteiger partial charge on any atom is 0.259 e. The number of pyridine rings is 1. The number of nitrogens with zero attached hydrogens (tertiary/aromatic N) is 3. The highest BCUT2D eigenvalue weighted by Crippen LogP contribution is 2.30. The third-order valence-electron chi connectivity index (χ3n) is 7.25. The Morgan fingerprint density at radius 1 is 1.24 bits per heavy atom. The van der Waals surface area contributed by atoms with Crippen LogP contribution >= 0.6 is 0 Å². The number of aromatic amines is 1. The van der Waals surface area contributed by atoms with E-state index in [-0.39, 0.29) is 17.5 Å². The van der Waals surface area contributed by atoms with Gasteiger partial charge in [0.25, 0.3) is 11.5 Å². The molecule has 8 nitrogen and oxygen atoms in total. The summed E-state index contributed by atoms with van der Waals surface area (Å²) in [7, 11) is 1.74. The molecule has 0 radical (unpaired) electrons. The second-order valence-electron chi connectivity index (χ2n) is 9.41.